The molecule has 0 fully saturated rings. The topological polar surface area (TPSA) is 66.8 Å². The Morgan fingerprint density at radius 1 is 1.42 bits per heavy atom. The van der Waals surface area contributed by atoms with Gasteiger partial charge in [0.2, 0.25) is 0 Å². The molecule has 2 N–H and O–H groups in total. The molecule has 0 atom stereocenters. The molecule has 0 unspecified atom stereocenters. The second-order valence-corrected chi connectivity index (χ2v) is 4.44. The summed E-state index contributed by atoms with van der Waals surface area (Å²) in [6, 6.07) is 0. The molecule has 0 aromatic rings. The Balaban J connectivity index is 0. The minimum atomic E-state index is -1.75. The number of rotatable bonds is 3. The molecule has 0 aliphatic rings. The first-order valence-electron chi connectivity index (χ1n) is 2.82. The Hall–Kier alpha value is 1.26. The van der Waals surface area contributed by atoms with Crippen LogP contribution in [0.25, 0.3) is 0 Å². The van der Waals surface area contributed by atoms with Crippen LogP contribution in [0.4, 0.5) is 0 Å². The van der Waals surface area contributed by atoms with E-state index >= 15 is 0 Å². The van der Waals surface area contributed by atoms with Gasteiger partial charge < -0.3 is 0 Å². The fourth-order valence-corrected chi connectivity index (χ4v) is 0.738. The minimum absolute atomic E-state index is 0.202. The van der Waals surface area contributed by atoms with Gasteiger partial charge in [0, 0.05) is 0 Å². The fraction of sp³-hybridized carbons (Fsp3) is 1.00. The Morgan fingerprint density at radius 3 is 2.08 bits per heavy atom. The van der Waals surface area contributed by atoms with Gasteiger partial charge in [0.25, 0.3) is 0 Å². The van der Waals surface area contributed by atoms with Gasteiger partial charge in [-0.15, -0.1) is 0 Å². The van der Waals surface area contributed by atoms with Crippen LogP contribution >= 0.6 is 34.8 Å². The summed E-state index contributed by atoms with van der Waals surface area (Å²) in [6.07, 6.45) is 0.922. The van der Waals surface area contributed by atoms with E-state index in [4.69, 9.17) is 47.1 Å². The summed E-state index contributed by atoms with van der Waals surface area (Å²) >= 11 is 14.3. The van der Waals surface area contributed by atoms with Crippen LogP contribution in [-0.2, 0) is 27.7 Å². The maximum absolute atomic E-state index is 8.61. The van der Waals surface area contributed by atoms with E-state index in [-0.39, 0.29) is 6.61 Å². The summed E-state index contributed by atoms with van der Waals surface area (Å²) in [5, 5.41) is 7.83. The molecule has 0 aliphatic heterocycles. The molecule has 0 aromatic carbocycles. The van der Waals surface area contributed by atoms with Crippen molar-refractivity contribution in [3.05, 3.63) is 0 Å². The van der Waals surface area contributed by atoms with Crippen LogP contribution in [0.3, 0.4) is 0 Å². The quantitative estimate of drug-likeness (QED) is 0.271. The average molecular weight is 274 g/mol. The van der Waals surface area contributed by atoms with E-state index in [2.05, 4.69) is 4.89 Å². The van der Waals surface area contributed by atoms with Crippen LogP contribution in [0.2, 0.25) is 0 Å². The summed E-state index contributed by atoms with van der Waals surface area (Å²) < 4.78 is 14.5. The van der Waals surface area contributed by atoms with Crippen molar-refractivity contribution in [3.8, 4) is 0 Å². The van der Waals surface area contributed by atoms with E-state index in [1.165, 1.54) is 0 Å². The zero-order chi connectivity index (χ0) is 10.0. The van der Waals surface area contributed by atoms with Crippen molar-refractivity contribution in [3.63, 3.8) is 0 Å². The first-order chi connectivity index (χ1) is 5.47. The molecular weight excluding hydrogens is 266 g/mol. The van der Waals surface area contributed by atoms with Gasteiger partial charge in [-0.1, -0.05) is 34.8 Å². The third-order valence-corrected chi connectivity index (χ3v) is 1.26. The molecule has 0 aromatic heterocycles. The van der Waals surface area contributed by atoms with Crippen molar-refractivity contribution >= 4 is 34.8 Å². The van der Waals surface area contributed by atoms with E-state index in [1.54, 1.807) is 0 Å². The first kappa shape index (κ1) is 15.7. The van der Waals surface area contributed by atoms with Gasteiger partial charge in [0.1, 0.15) is 0 Å². The summed E-state index contributed by atoms with van der Waals surface area (Å²) in [7, 11) is 0. The summed E-state index contributed by atoms with van der Waals surface area (Å²) in [4.78, 5) is 3.76. The number of halogens is 3. The van der Waals surface area contributed by atoms with Gasteiger partial charge in [-0.2, -0.15) is 0 Å². The Bertz CT molecular complexity index is 107. The summed E-state index contributed by atoms with van der Waals surface area (Å²) in [6.45, 7) is 0.202. The normalized spacial score (nSPS) is 9.75. The molecule has 0 saturated carbocycles. The van der Waals surface area contributed by atoms with Crippen molar-refractivity contribution < 1.29 is 36.7 Å². The van der Waals surface area contributed by atoms with Crippen molar-refractivity contribution in [2.45, 2.75) is 16.6 Å². The van der Waals surface area contributed by atoms with E-state index in [0.29, 0.717) is 12.8 Å². The van der Waals surface area contributed by atoms with Gasteiger partial charge >= 0.3 is 26.5 Å². The molecule has 0 rings (SSSR count). The molecule has 0 saturated heterocycles. The number of hydrogen-bond donors (Lipinski definition) is 2. The standard InChI is InChI=1S/C4H7Cl3O2.H2O.O.Ti/c5-4(6,7)2-1-3-9-8;;;/h8H,1-3H2;1H2;;/q;;;+1/p-1. The molecular formula is C4H8Cl3O4Ti. The van der Waals surface area contributed by atoms with Gasteiger partial charge in [-0.25, -0.2) is 4.89 Å². The fourth-order valence-electron chi connectivity index (χ4n) is 0.337. The third-order valence-electron chi connectivity index (χ3n) is 0.696. The molecule has 0 spiro atoms. The van der Waals surface area contributed by atoms with Crippen LogP contribution in [0, 0.1) is 0 Å². The van der Waals surface area contributed by atoms with Crippen molar-refractivity contribution in [1.82, 2.24) is 0 Å². The first-order valence-corrected chi connectivity index (χ1v) is 5.29. The van der Waals surface area contributed by atoms with Crippen molar-refractivity contribution in [1.29, 1.82) is 0 Å². The maximum atomic E-state index is 8.61. The Morgan fingerprint density at radius 2 is 1.83 bits per heavy atom. The SMILES string of the molecule is OOCCCC(Cl)(Cl)Cl.[O]=[Ti][OH]. The molecule has 0 heterocycles. The zero-order valence-corrected chi connectivity index (χ0v) is 9.80. The predicted molar refractivity (Wildman–Crippen MR) is 41.0 cm³/mol. The Labute approximate surface area is 94.4 Å². The second kappa shape index (κ2) is 10.3. The summed E-state index contributed by atoms with van der Waals surface area (Å²) in [5.74, 6) is 0. The second-order valence-electron chi connectivity index (χ2n) is 1.64. The van der Waals surface area contributed by atoms with Crippen LogP contribution < -0.4 is 0 Å². The monoisotopic (exact) mass is 273 g/mol. The molecule has 4 nitrogen and oxygen atoms in total. The van der Waals surface area contributed by atoms with Gasteiger partial charge in [-0.05, 0) is 12.8 Å². The molecule has 12 heavy (non-hydrogen) atoms. The average Bonchev–Trinajstić information content (AvgIpc) is 1.87. The molecule has 8 heteroatoms. The molecule has 0 amide bonds. The van der Waals surface area contributed by atoms with Crippen molar-refractivity contribution in [2.24, 2.45) is 0 Å². The zero-order valence-electron chi connectivity index (χ0n) is 5.97. The number of alkyl halides is 3. The van der Waals surface area contributed by atoms with Gasteiger partial charge in [0.15, 0.2) is 3.79 Å². The van der Waals surface area contributed by atoms with E-state index in [9.17, 15) is 0 Å². The van der Waals surface area contributed by atoms with Gasteiger partial charge in [0.05, 0.1) is 6.61 Å². The Kier molecular flexibility index (Phi) is 13.6. The van der Waals surface area contributed by atoms with Crippen molar-refractivity contribution in [2.75, 3.05) is 6.61 Å². The van der Waals surface area contributed by atoms with E-state index in [0.717, 1.165) is 0 Å². The van der Waals surface area contributed by atoms with Crippen LogP contribution in [0.5, 0.6) is 0 Å². The van der Waals surface area contributed by atoms with Crippen LogP contribution in [0.15, 0.2) is 0 Å². The van der Waals surface area contributed by atoms with E-state index < -0.39 is 23.3 Å². The third kappa shape index (κ3) is 22.5. The number of hydrogen-bond acceptors (Lipinski definition) is 3. The molecule has 73 valence electrons. The summed E-state index contributed by atoms with van der Waals surface area (Å²) in [5.41, 5.74) is 0. The molecule has 0 aliphatic carbocycles. The molecule has 0 radical (unpaired) electrons. The van der Waals surface area contributed by atoms with Crippen LogP contribution in [-0.4, -0.2) is 19.3 Å². The predicted octanol–water partition coefficient (Wildman–Crippen LogP) is 1.95. The molecule has 0 bridgehead atoms. The van der Waals surface area contributed by atoms with E-state index in [1.807, 2.05) is 0 Å². The van der Waals surface area contributed by atoms with Gasteiger partial charge in [-0.3, -0.25) is 5.26 Å². The van der Waals surface area contributed by atoms with Crippen LogP contribution in [0.1, 0.15) is 12.8 Å².